The smallest absolute Gasteiger partial charge is 0.243 e. The number of hydrogen-bond acceptors (Lipinski definition) is 16. The number of benzene rings is 3. The van der Waals surface area contributed by atoms with Crippen LogP contribution < -0.4 is 76.5 Å². The Bertz CT molecular complexity index is 3320. The highest BCUT2D eigenvalue weighted by molar-refractivity contribution is 5.99. The summed E-state index contributed by atoms with van der Waals surface area (Å²) in [6, 6.07) is 8.72. The fourth-order valence-corrected chi connectivity index (χ4v) is 10.1. The van der Waals surface area contributed by atoms with Crippen molar-refractivity contribution < 1.29 is 63.0 Å². The predicted octanol–water partition coefficient (Wildman–Crippen LogP) is -1.84. The van der Waals surface area contributed by atoms with E-state index in [1.165, 1.54) is 31.2 Å². The van der Waals surface area contributed by atoms with Gasteiger partial charge in [-0.2, -0.15) is 0 Å². The summed E-state index contributed by atoms with van der Waals surface area (Å²) in [6.45, 7) is 4.71. The number of fused-ring (bicyclic) bond motifs is 2. The van der Waals surface area contributed by atoms with E-state index in [1.807, 2.05) is 19.9 Å². The molecule has 2 heterocycles. The molecule has 0 radical (unpaired) electrons. The van der Waals surface area contributed by atoms with Gasteiger partial charge >= 0.3 is 0 Å². The SMILES string of the molecule is CCC(C)CCC(=O)N[C@H](CC(N)=O)C(=O)N[C@H](Cc1ccc(O)cc1)C(=O)N[C@H](Cc1c[nH]c2ccccc12)C(=O)N[C@H](CCCN)C(=O)N[C@@H](CCCN)C(=O)NCC(=O)N[C@H](CCCN)C(=O)N[C@@H](Cc1c[nH]c2ccccc12)C(=O)N[C@H](C(N)=O)[C@@H](C)O. The number of aliphatic hydroxyl groups excluding tert-OH is 1. The second-order valence-corrected chi connectivity index (χ2v) is 22.9. The second kappa shape index (κ2) is 37.0. The van der Waals surface area contributed by atoms with Crippen molar-refractivity contribution in [3.05, 3.63) is 102 Å². The average Bonchev–Trinajstić information content (AvgIpc) is 2.59. The Morgan fingerprint density at radius 1 is 0.489 bits per heavy atom. The van der Waals surface area contributed by atoms with Crippen LogP contribution >= 0.6 is 0 Å². The first-order chi connectivity index (χ1) is 43.9. The molecule has 5 rings (SSSR count). The van der Waals surface area contributed by atoms with Gasteiger partial charge in [-0.25, -0.2) is 0 Å². The van der Waals surface area contributed by atoms with Crippen LogP contribution in [0, 0.1) is 5.92 Å². The van der Waals surface area contributed by atoms with Gasteiger partial charge in [0.1, 0.15) is 54.1 Å². The molecule has 2 aromatic heterocycles. The number of aromatic hydroxyl groups is 1. The van der Waals surface area contributed by atoms with Gasteiger partial charge in [-0.15, -0.1) is 0 Å². The fraction of sp³-hybridized carbons (Fsp3) is 0.476. The normalized spacial score (nSPS) is 14.5. The molecule has 0 saturated heterocycles. The highest BCUT2D eigenvalue weighted by Crippen LogP contribution is 2.22. The van der Waals surface area contributed by atoms with E-state index >= 15 is 0 Å². The van der Waals surface area contributed by atoms with Crippen molar-refractivity contribution >= 4 is 86.8 Å². The molecule has 92 heavy (non-hydrogen) atoms. The first-order valence-electron chi connectivity index (χ1n) is 30.9. The summed E-state index contributed by atoms with van der Waals surface area (Å²) < 4.78 is 0. The Morgan fingerprint density at radius 3 is 1.36 bits per heavy atom. The molecular formula is C63H90N16O13. The van der Waals surface area contributed by atoms with Crippen molar-refractivity contribution in [2.45, 2.75) is 159 Å². The Labute approximate surface area is 532 Å². The lowest BCUT2D eigenvalue weighted by atomic mass is 10.0. The van der Waals surface area contributed by atoms with Gasteiger partial charge in [-0.1, -0.05) is 68.8 Å². The molecule has 10 atom stereocenters. The van der Waals surface area contributed by atoms with Gasteiger partial charge in [0, 0.05) is 59.9 Å². The number of nitrogens with one attached hydrogen (secondary N) is 11. The predicted molar refractivity (Wildman–Crippen MR) is 343 cm³/mol. The monoisotopic (exact) mass is 1280 g/mol. The number of hydrogen-bond donors (Lipinski definition) is 18. The number of phenolic OH excluding ortho intramolecular Hbond substituents is 1. The molecule has 0 aliphatic heterocycles. The number of amides is 11. The van der Waals surface area contributed by atoms with Crippen LogP contribution in [0.1, 0.15) is 102 Å². The summed E-state index contributed by atoms with van der Waals surface area (Å²) in [7, 11) is 0. The number of rotatable bonds is 40. The zero-order valence-corrected chi connectivity index (χ0v) is 52.1. The zero-order chi connectivity index (χ0) is 67.4. The van der Waals surface area contributed by atoms with E-state index in [0.717, 1.165) is 17.3 Å². The molecule has 29 nitrogen and oxygen atoms in total. The van der Waals surface area contributed by atoms with E-state index in [0.29, 0.717) is 34.0 Å². The number of aromatic nitrogens is 2. The molecule has 0 fully saturated rings. The van der Waals surface area contributed by atoms with Crippen LogP contribution in [-0.4, -0.2) is 166 Å². The van der Waals surface area contributed by atoms with Crippen LogP contribution in [0.4, 0.5) is 0 Å². The van der Waals surface area contributed by atoms with Crippen molar-refractivity contribution in [1.82, 2.24) is 57.8 Å². The minimum atomic E-state index is -1.51. The highest BCUT2D eigenvalue weighted by atomic mass is 16.3. The summed E-state index contributed by atoms with van der Waals surface area (Å²) in [5, 5.41) is 45.2. The number of primary amides is 2. The van der Waals surface area contributed by atoms with Crippen molar-refractivity contribution in [1.29, 1.82) is 0 Å². The molecule has 23 N–H and O–H groups in total. The van der Waals surface area contributed by atoms with Crippen LogP contribution in [0.3, 0.4) is 0 Å². The van der Waals surface area contributed by atoms with Crippen molar-refractivity contribution in [2.24, 2.45) is 34.6 Å². The number of para-hydroxylation sites is 2. The van der Waals surface area contributed by atoms with Crippen molar-refractivity contribution in [3.63, 3.8) is 0 Å². The lowest BCUT2D eigenvalue weighted by Crippen LogP contribution is -2.60. The highest BCUT2D eigenvalue weighted by Gasteiger charge is 2.36. The number of carbonyl (C=O) groups is 11. The number of nitrogens with two attached hydrogens (primary N) is 5. The van der Waals surface area contributed by atoms with E-state index in [-0.39, 0.29) is 95.5 Å². The van der Waals surface area contributed by atoms with E-state index in [2.05, 4.69) is 57.8 Å². The third kappa shape index (κ3) is 23.1. The first kappa shape index (κ1) is 73.3. The van der Waals surface area contributed by atoms with Crippen molar-refractivity contribution in [2.75, 3.05) is 26.2 Å². The van der Waals surface area contributed by atoms with Gasteiger partial charge in [0.25, 0.3) is 0 Å². The third-order valence-electron chi connectivity index (χ3n) is 15.6. The maximum absolute atomic E-state index is 14.8. The standard InChI is InChI=1S/C63H90N16O13/c1-4-35(2)19-24-53(83)73-51(31-52(67)82)62(91)76-48(28-37-20-22-40(81)23-21-37)60(89)78-49(29-38-32-69-43-14-7-5-12-41(38)43)61(90)75-47(18-11-27-66)59(88)74-45(16-9-25-64)57(86)71-34-54(84)72-46(17-10-26-65)58(87)77-50(63(92)79-55(36(3)80)56(68)85)30-39-33-70-44-15-8-6-13-42(39)44/h5-8,12-15,20-23,32-33,35-36,45-51,55,69-70,80-81H,4,9-11,16-19,24-31,34,64-66H2,1-3H3,(H2,67,82)(H2,68,85)(H,71,86)(H,72,84)(H,73,83)(H,74,88)(H,75,90)(H,76,91)(H,77,87)(H,78,89)(H,79,92)/t35?,36-,45+,46-,47-,48-,49-,50+,51-,55+/m1/s1. The van der Waals surface area contributed by atoms with Crippen LogP contribution in [0.5, 0.6) is 5.75 Å². The molecule has 5 aromatic rings. The second-order valence-electron chi connectivity index (χ2n) is 22.9. The largest absolute Gasteiger partial charge is 0.508 e. The Hall–Kier alpha value is -9.45. The van der Waals surface area contributed by atoms with Crippen LogP contribution in [0.25, 0.3) is 21.8 Å². The molecule has 0 saturated carbocycles. The maximum atomic E-state index is 14.8. The molecule has 0 aliphatic carbocycles. The number of phenols is 1. The molecule has 0 aliphatic rings. The van der Waals surface area contributed by atoms with Crippen molar-refractivity contribution in [3.8, 4) is 5.75 Å². The van der Waals surface area contributed by atoms with Gasteiger partial charge in [-0.3, -0.25) is 52.7 Å². The van der Waals surface area contributed by atoms with E-state index < -0.39 is 132 Å². The Balaban J connectivity index is 1.35. The average molecular weight is 1280 g/mol. The zero-order valence-electron chi connectivity index (χ0n) is 52.1. The Morgan fingerprint density at radius 2 is 0.902 bits per heavy atom. The summed E-state index contributed by atoms with van der Waals surface area (Å²) in [6.07, 6.45) is 2.61. The van der Waals surface area contributed by atoms with E-state index in [9.17, 15) is 63.0 Å². The lowest BCUT2D eigenvalue weighted by Gasteiger charge is -2.27. The quantitative estimate of drug-likeness (QED) is 0.0205. The molecule has 1 unspecified atom stereocenters. The summed E-state index contributed by atoms with van der Waals surface area (Å²) in [5.41, 5.74) is 31.6. The molecule has 0 bridgehead atoms. The third-order valence-corrected chi connectivity index (χ3v) is 15.6. The maximum Gasteiger partial charge on any atom is 0.243 e. The number of aliphatic hydroxyl groups is 1. The van der Waals surface area contributed by atoms with Gasteiger partial charge in [0.15, 0.2) is 0 Å². The van der Waals surface area contributed by atoms with Crippen LogP contribution in [0.2, 0.25) is 0 Å². The minimum Gasteiger partial charge on any atom is -0.508 e. The summed E-state index contributed by atoms with van der Waals surface area (Å²) in [5.74, 6) is -9.30. The molecule has 0 spiro atoms. The van der Waals surface area contributed by atoms with E-state index in [1.54, 1.807) is 54.9 Å². The lowest BCUT2D eigenvalue weighted by molar-refractivity contribution is -0.135. The van der Waals surface area contributed by atoms with Gasteiger partial charge < -0.3 is 96.7 Å². The summed E-state index contributed by atoms with van der Waals surface area (Å²) in [4.78, 5) is 157. The fourth-order valence-electron chi connectivity index (χ4n) is 10.1. The Kier molecular flexibility index (Phi) is 29.5. The number of aromatic amines is 2. The van der Waals surface area contributed by atoms with Crippen LogP contribution in [-0.2, 0) is 72.0 Å². The van der Waals surface area contributed by atoms with E-state index in [4.69, 9.17) is 28.7 Å². The first-order valence-corrected chi connectivity index (χ1v) is 30.9. The van der Waals surface area contributed by atoms with Gasteiger partial charge in [0.2, 0.25) is 65.0 Å². The molecule has 29 heteroatoms. The molecule has 500 valence electrons. The van der Waals surface area contributed by atoms with Gasteiger partial charge in [0.05, 0.1) is 19.1 Å². The van der Waals surface area contributed by atoms with Crippen LogP contribution in [0.15, 0.2) is 85.2 Å². The van der Waals surface area contributed by atoms with Gasteiger partial charge in [-0.05, 0) is 118 Å². The topological polar surface area (TPSA) is 498 Å². The molecule has 11 amide bonds. The minimum absolute atomic E-state index is 0.0199. The molecular weight excluding hydrogens is 1190 g/mol. The number of H-pyrrole nitrogens is 2. The summed E-state index contributed by atoms with van der Waals surface area (Å²) >= 11 is 0. The number of carbonyl (C=O) groups excluding carboxylic acids is 11. The molecule has 3 aromatic carbocycles.